The Morgan fingerprint density at radius 3 is 2.61 bits per heavy atom. The Kier molecular flexibility index (Phi) is 5.52. The van der Waals surface area contributed by atoms with Gasteiger partial charge in [0.1, 0.15) is 17.1 Å². The minimum Gasteiger partial charge on any atom is -0.493 e. The summed E-state index contributed by atoms with van der Waals surface area (Å²) in [5, 5.41) is 0.415. The highest BCUT2D eigenvalue weighted by atomic mass is 16.5. The first-order valence-corrected chi connectivity index (χ1v) is 11.9. The van der Waals surface area contributed by atoms with Crippen LogP contribution in [0.5, 0.6) is 23.0 Å². The van der Waals surface area contributed by atoms with Gasteiger partial charge in [-0.15, -0.1) is 0 Å². The van der Waals surface area contributed by atoms with Crippen molar-refractivity contribution in [3.05, 3.63) is 98.6 Å². The van der Waals surface area contributed by atoms with Gasteiger partial charge in [0.15, 0.2) is 22.7 Å². The lowest BCUT2D eigenvalue weighted by Gasteiger charge is -2.25. The van der Waals surface area contributed by atoms with Crippen molar-refractivity contribution in [2.75, 3.05) is 14.2 Å². The first-order chi connectivity index (χ1) is 18.4. The summed E-state index contributed by atoms with van der Waals surface area (Å²) in [6.45, 7) is 1.89. The number of carbonyl (C=O) groups excluding carboxylic acids is 2. The third-order valence-electron chi connectivity index (χ3n) is 6.83. The van der Waals surface area contributed by atoms with Gasteiger partial charge in [-0.2, -0.15) is 0 Å². The number of Topliss-reactive ketones (excluding diaryl/α,β-unsaturated/α-hetero) is 1. The molecule has 3 heterocycles. The van der Waals surface area contributed by atoms with E-state index >= 15 is 0 Å². The number of methoxy groups -OCH3 is 2. The van der Waals surface area contributed by atoms with Crippen molar-refractivity contribution in [2.24, 2.45) is 0 Å². The van der Waals surface area contributed by atoms with Crippen LogP contribution in [0.15, 0.2) is 69.8 Å². The number of para-hydroxylation sites is 1. The largest absolute Gasteiger partial charge is 0.493 e. The molecule has 2 aliphatic heterocycles. The molecule has 0 fully saturated rings. The first kappa shape index (κ1) is 23.5. The number of benzene rings is 3. The molecule has 1 aromatic heterocycles. The van der Waals surface area contributed by atoms with Gasteiger partial charge in [-0.1, -0.05) is 23.8 Å². The molecule has 6 rings (SSSR count). The fourth-order valence-corrected chi connectivity index (χ4v) is 5.04. The average Bonchev–Trinajstić information content (AvgIpc) is 3.23. The van der Waals surface area contributed by atoms with Crippen molar-refractivity contribution >= 4 is 28.8 Å². The minimum absolute atomic E-state index is 0.0665. The van der Waals surface area contributed by atoms with E-state index in [2.05, 4.69) is 0 Å². The molecule has 0 N–H and O–H groups in total. The lowest BCUT2D eigenvalue weighted by molar-refractivity contribution is -0.135. The van der Waals surface area contributed by atoms with Gasteiger partial charge >= 0.3 is 5.97 Å². The molecule has 0 aliphatic carbocycles. The summed E-state index contributed by atoms with van der Waals surface area (Å²) in [5.41, 5.74) is 2.74. The number of esters is 1. The predicted octanol–water partition coefficient (Wildman–Crippen LogP) is 5.18. The number of ether oxygens (including phenoxy) is 4. The molecule has 1 unspecified atom stereocenters. The Balaban J connectivity index is 1.50. The number of allylic oxidation sites excluding steroid dienone is 1. The predicted molar refractivity (Wildman–Crippen MR) is 138 cm³/mol. The van der Waals surface area contributed by atoms with Gasteiger partial charge in [-0.3, -0.25) is 14.4 Å². The van der Waals surface area contributed by atoms with Crippen LogP contribution in [0.1, 0.15) is 45.0 Å². The van der Waals surface area contributed by atoms with Crippen molar-refractivity contribution in [1.82, 2.24) is 0 Å². The first-order valence-electron chi connectivity index (χ1n) is 11.9. The van der Waals surface area contributed by atoms with Gasteiger partial charge in [0.05, 0.1) is 37.9 Å². The van der Waals surface area contributed by atoms with E-state index in [1.165, 1.54) is 20.5 Å². The highest BCUT2D eigenvalue weighted by Crippen LogP contribution is 2.49. The van der Waals surface area contributed by atoms with Gasteiger partial charge < -0.3 is 23.4 Å². The Bertz CT molecular complexity index is 1740. The van der Waals surface area contributed by atoms with E-state index < -0.39 is 11.9 Å². The van der Waals surface area contributed by atoms with Crippen LogP contribution in [0.3, 0.4) is 0 Å². The van der Waals surface area contributed by atoms with Crippen LogP contribution >= 0.6 is 0 Å². The molecule has 0 bridgehead atoms. The lowest BCUT2D eigenvalue weighted by atomic mass is 9.85. The zero-order valence-corrected chi connectivity index (χ0v) is 20.8. The Morgan fingerprint density at radius 2 is 1.82 bits per heavy atom. The molecule has 0 saturated carbocycles. The van der Waals surface area contributed by atoms with Crippen LogP contribution in [0.25, 0.3) is 17.0 Å². The van der Waals surface area contributed by atoms with Crippen LogP contribution < -0.4 is 24.4 Å². The molecule has 0 saturated heterocycles. The highest BCUT2D eigenvalue weighted by Gasteiger charge is 2.39. The number of rotatable bonds is 4. The number of hydrogen-bond acceptors (Lipinski definition) is 8. The van der Waals surface area contributed by atoms with Crippen molar-refractivity contribution < 1.29 is 33.0 Å². The molecular formula is C30H22O8. The molecule has 1 atom stereocenters. The van der Waals surface area contributed by atoms with Crippen LogP contribution in [-0.2, 0) is 4.79 Å². The molecule has 8 heteroatoms. The third kappa shape index (κ3) is 3.64. The SMILES string of the molecule is COc1cccc(C=C2Oc3c(ccc4c3C(c3coc5ccc(C)cc5c3=O)CC(=O)O4)C2=O)c1OC. The monoisotopic (exact) mass is 510 g/mol. The summed E-state index contributed by atoms with van der Waals surface area (Å²) in [4.78, 5) is 39.5. The summed E-state index contributed by atoms with van der Waals surface area (Å²) < 4.78 is 28.2. The van der Waals surface area contributed by atoms with Crippen molar-refractivity contribution in [2.45, 2.75) is 19.3 Å². The van der Waals surface area contributed by atoms with Crippen LogP contribution in [-0.4, -0.2) is 26.0 Å². The second-order valence-corrected chi connectivity index (χ2v) is 9.13. The Labute approximate surface area is 217 Å². The molecule has 8 nitrogen and oxygen atoms in total. The molecule has 0 radical (unpaired) electrons. The van der Waals surface area contributed by atoms with Crippen LogP contribution in [0.2, 0.25) is 0 Å². The number of carbonyl (C=O) groups is 2. The highest BCUT2D eigenvalue weighted by molar-refractivity contribution is 6.15. The molecule has 2 aliphatic rings. The van der Waals surface area contributed by atoms with Gasteiger partial charge in [0.25, 0.3) is 0 Å². The number of ketones is 1. The van der Waals surface area contributed by atoms with E-state index in [0.29, 0.717) is 39.2 Å². The van der Waals surface area contributed by atoms with E-state index in [1.54, 1.807) is 48.5 Å². The zero-order chi connectivity index (χ0) is 26.6. The Hall–Kier alpha value is -4.85. The standard InChI is InChI=1S/C30H22O8/c1-15-7-9-21-19(11-15)27(32)20(14-36-21)18-13-25(31)37-22-10-8-17-28(33)24(38-30(17)26(18)22)12-16-5-4-6-23(34-2)29(16)35-3/h4-12,14,18H,13H2,1-3H3. The second kappa shape index (κ2) is 8.92. The van der Waals surface area contributed by atoms with E-state index in [-0.39, 0.29) is 40.5 Å². The number of aryl methyl sites for hydroxylation is 1. The molecule has 190 valence electrons. The maximum atomic E-state index is 13.5. The number of fused-ring (bicyclic) bond motifs is 4. The fourth-order valence-electron chi connectivity index (χ4n) is 5.04. The molecule has 3 aromatic carbocycles. The van der Waals surface area contributed by atoms with Crippen molar-refractivity contribution in [1.29, 1.82) is 0 Å². The Morgan fingerprint density at radius 1 is 0.974 bits per heavy atom. The molecular weight excluding hydrogens is 488 g/mol. The topological polar surface area (TPSA) is 101 Å². The quantitative estimate of drug-likeness (QED) is 0.210. The van der Waals surface area contributed by atoms with Crippen molar-refractivity contribution in [3.8, 4) is 23.0 Å². The number of hydrogen-bond donors (Lipinski definition) is 0. The third-order valence-corrected chi connectivity index (χ3v) is 6.83. The van der Waals surface area contributed by atoms with E-state index in [4.69, 9.17) is 23.4 Å². The van der Waals surface area contributed by atoms with Gasteiger partial charge in [0, 0.05) is 22.6 Å². The average molecular weight is 510 g/mol. The molecule has 0 amide bonds. The fraction of sp³-hybridized carbons (Fsp3) is 0.167. The maximum Gasteiger partial charge on any atom is 0.312 e. The zero-order valence-electron chi connectivity index (χ0n) is 20.8. The van der Waals surface area contributed by atoms with E-state index in [9.17, 15) is 14.4 Å². The maximum absolute atomic E-state index is 13.5. The summed E-state index contributed by atoms with van der Waals surface area (Å²) in [6, 6.07) is 13.8. The smallest absolute Gasteiger partial charge is 0.312 e. The lowest BCUT2D eigenvalue weighted by Crippen LogP contribution is -2.25. The molecule has 0 spiro atoms. The van der Waals surface area contributed by atoms with Crippen LogP contribution in [0.4, 0.5) is 0 Å². The minimum atomic E-state index is -0.721. The molecule has 4 aromatic rings. The summed E-state index contributed by atoms with van der Waals surface area (Å²) in [6.07, 6.45) is 2.85. The summed E-state index contributed by atoms with van der Waals surface area (Å²) >= 11 is 0. The van der Waals surface area contributed by atoms with Gasteiger partial charge in [0.2, 0.25) is 5.78 Å². The van der Waals surface area contributed by atoms with Gasteiger partial charge in [-0.05, 0) is 43.3 Å². The second-order valence-electron chi connectivity index (χ2n) is 9.13. The normalized spacial score (nSPS) is 17.1. The van der Waals surface area contributed by atoms with Crippen molar-refractivity contribution in [3.63, 3.8) is 0 Å². The summed E-state index contributed by atoms with van der Waals surface area (Å²) in [5.74, 6) is -0.0432. The van der Waals surface area contributed by atoms with E-state index in [1.807, 2.05) is 13.0 Å². The van der Waals surface area contributed by atoms with Crippen LogP contribution in [0, 0.1) is 6.92 Å². The van der Waals surface area contributed by atoms with Gasteiger partial charge in [-0.25, -0.2) is 0 Å². The summed E-state index contributed by atoms with van der Waals surface area (Å²) in [7, 11) is 3.04. The van der Waals surface area contributed by atoms with E-state index in [0.717, 1.165) is 5.56 Å². The molecule has 38 heavy (non-hydrogen) atoms.